The van der Waals surface area contributed by atoms with Crippen LogP contribution in [0.3, 0.4) is 0 Å². The zero-order valence-electron chi connectivity index (χ0n) is 13.5. The van der Waals surface area contributed by atoms with Gasteiger partial charge in [-0.25, -0.2) is 9.18 Å². The summed E-state index contributed by atoms with van der Waals surface area (Å²) < 4.78 is 29.3. The summed E-state index contributed by atoms with van der Waals surface area (Å²) >= 11 is 0. The van der Waals surface area contributed by atoms with Gasteiger partial charge in [-0.15, -0.1) is 0 Å². The molecule has 0 amide bonds. The molecule has 0 saturated carbocycles. The van der Waals surface area contributed by atoms with Crippen LogP contribution in [0.1, 0.15) is 22.8 Å². The van der Waals surface area contributed by atoms with Gasteiger partial charge in [-0.1, -0.05) is 18.2 Å². The van der Waals surface area contributed by atoms with Gasteiger partial charge in [0.25, 0.3) is 0 Å². The van der Waals surface area contributed by atoms with Gasteiger partial charge in [-0.3, -0.25) is 4.79 Å². The van der Waals surface area contributed by atoms with E-state index in [1.165, 1.54) is 18.2 Å². The van der Waals surface area contributed by atoms with Crippen LogP contribution in [0.25, 0.3) is 6.08 Å². The van der Waals surface area contributed by atoms with Crippen LogP contribution in [-0.4, -0.2) is 25.0 Å². The van der Waals surface area contributed by atoms with Gasteiger partial charge in [0.15, 0.2) is 12.4 Å². The van der Waals surface area contributed by atoms with Crippen LogP contribution < -0.4 is 9.47 Å². The summed E-state index contributed by atoms with van der Waals surface area (Å²) in [5.41, 5.74) is 0.614. The van der Waals surface area contributed by atoms with Crippen LogP contribution in [0.2, 0.25) is 0 Å². The van der Waals surface area contributed by atoms with Crippen molar-refractivity contribution >= 4 is 17.8 Å². The highest BCUT2D eigenvalue weighted by Crippen LogP contribution is 2.35. The number of Topliss-reactive ketones (excluding diaryl/α,β-unsaturated/α-hetero) is 1. The highest BCUT2D eigenvalue weighted by Gasteiger charge is 2.28. The second kappa shape index (κ2) is 7.17. The number of hydrogen-bond acceptors (Lipinski definition) is 5. The Hall–Kier alpha value is -3.15. The molecule has 6 heteroatoms. The van der Waals surface area contributed by atoms with Crippen LogP contribution in [-0.2, 0) is 9.53 Å². The molecule has 0 atom stereocenters. The maximum Gasteiger partial charge on any atom is 0.344 e. The highest BCUT2D eigenvalue weighted by molar-refractivity contribution is 6.14. The molecule has 0 unspecified atom stereocenters. The first-order valence-corrected chi connectivity index (χ1v) is 7.69. The Balaban J connectivity index is 1.77. The summed E-state index contributed by atoms with van der Waals surface area (Å²) in [4.78, 5) is 23.7. The summed E-state index contributed by atoms with van der Waals surface area (Å²) in [6.45, 7) is 1.74. The topological polar surface area (TPSA) is 61.8 Å². The molecule has 5 nitrogen and oxygen atoms in total. The molecule has 0 aromatic heterocycles. The van der Waals surface area contributed by atoms with Gasteiger partial charge in [0, 0.05) is 11.6 Å². The molecule has 25 heavy (non-hydrogen) atoms. The summed E-state index contributed by atoms with van der Waals surface area (Å²) in [6.07, 6.45) is 1.36. The molecule has 0 N–H and O–H groups in total. The Labute approximate surface area is 143 Å². The Kier molecular flexibility index (Phi) is 4.79. The minimum Gasteiger partial charge on any atom is -0.482 e. The van der Waals surface area contributed by atoms with Gasteiger partial charge in [-0.2, -0.15) is 0 Å². The van der Waals surface area contributed by atoms with E-state index in [1.807, 2.05) is 0 Å². The number of allylic oxidation sites excluding steroid dienone is 1. The van der Waals surface area contributed by atoms with E-state index in [9.17, 15) is 14.0 Å². The van der Waals surface area contributed by atoms with E-state index in [2.05, 4.69) is 0 Å². The number of fused-ring (bicyclic) bond motifs is 1. The SMILES string of the molecule is CCOC(=O)COc1ccc2c(c1)OC(=Cc1ccccc1F)C2=O. The number of esters is 1. The zero-order valence-corrected chi connectivity index (χ0v) is 13.5. The average molecular weight is 342 g/mol. The minimum absolute atomic E-state index is 0.0302. The molecular weight excluding hydrogens is 327 g/mol. The summed E-state index contributed by atoms with van der Waals surface area (Å²) in [6, 6.07) is 10.7. The molecule has 0 fully saturated rings. The molecule has 2 aromatic carbocycles. The average Bonchev–Trinajstić information content (AvgIpc) is 2.91. The van der Waals surface area contributed by atoms with Gasteiger partial charge in [-0.05, 0) is 31.2 Å². The second-order valence-electron chi connectivity index (χ2n) is 5.21. The molecule has 0 radical (unpaired) electrons. The van der Waals surface area contributed by atoms with Gasteiger partial charge >= 0.3 is 5.97 Å². The summed E-state index contributed by atoms with van der Waals surface area (Å²) in [5.74, 6) is -0.570. The normalized spacial score (nSPS) is 14.2. The monoisotopic (exact) mass is 342 g/mol. The Bertz CT molecular complexity index is 857. The van der Waals surface area contributed by atoms with Crippen molar-refractivity contribution in [3.8, 4) is 11.5 Å². The number of hydrogen-bond donors (Lipinski definition) is 0. The third-order valence-electron chi connectivity index (χ3n) is 3.50. The fourth-order valence-electron chi connectivity index (χ4n) is 2.34. The van der Waals surface area contributed by atoms with Crippen molar-refractivity contribution < 1.29 is 28.2 Å². The Morgan fingerprint density at radius 2 is 2.04 bits per heavy atom. The molecule has 3 rings (SSSR count). The minimum atomic E-state index is -0.486. The quantitative estimate of drug-likeness (QED) is 0.616. The predicted molar refractivity (Wildman–Crippen MR) is 87.9 cm³/mol. The van der Waals surface area contributed by atoms with E-state index in [0.29, 0.717) is 17.1 Å². The number of ether oxygens (including phenoxy) is 3. The van der Waals surface area contributed by atoms with Crippen molar-refractivity contribution in [2.24, 2.45) is 0 Å². The van der Waals surface area contributed by atoms with Crippen LogP contribution in [0, 0.1) is 5.82 Å². The van der Waals surface area contributed by atoms with E-state index in [-0.39, 0.29) is 30.3 Å². The molecule has 0 bridgehead atoms. The van der Waals surface area contributed by atoms with E-state index in [0.717, 1.165) is 0 Å². The van der Waals surface area contributed by atoms with Crippen molar-refractivity contribution in [2.45, 2.75) is 6.92 Å². The van der Waals surface area contributed by atoms with Crippen molar-refractivity contribution in [2.75, 3.05) is 13.2 Å². The Morgan fingerprint density at radius 1 is 1.24 bits per heavy atom. The lowest BCUT2D eigenvalue weighted by atomic mass is 10.1. The second-order valence-corrected chi connectivity index (χ2v) is 5.21. The lowest BCUT2D eigenvalue weighted by Gasteiger charge is -2.06. The van der Waals surface area contributed by atoms with Crippen LogP contribution in [0.4, 0.5) is 4.39 Å². The molecule has 2 aromatic rings. The van der Waals surface area contributed by atoms with Gasteiger partial charge in [0.2, 0.25) is 5.78 Å². The number of carbonyl (C=O) groups is 2. The summed E-state index contributed by atoms with van der Waals surface area (Å²) in [7, 11) is 0. The lowest BCUT2D eigenvalue weighted by molar-refractivity contribution is -0.145. The van der Waals surface area contributed by atoms with Crippen LogP contribution in [0.15, 0.2) is 48.2 Å². The highest BCUT2D eigenvalue weighted by atomic mass is 19.1. The van der Waals surface area contributed by atoms with Crippen molar-refractivity contribution in [1.29, 1.82) is 0 Å². The molecule has 128 valence electrons. The maximum absolute atomic E-state index is 13.7. The van der Waals surface area contributed by atoms with Gasteiger partial charge in [0.1, 0.15) is 17.3 Å². The fourth-order valence-corrected chi connectivity index (χ4v) is 2.34. The lowest BCUT2D eigenvalue weighted by Crippen LogP contribution is -2.14. The van der Waals surface area contributed by atoms with E-state index >= 15 is 0 Å². The van der Waals surface area contributed by atoms with Crippen LogP contribution >= 0.6 is 0 Å². The third-order valence-corrected chi connectivity index (χ3v) is 3.50. The van der Waals surface area contributed by atoms with Crippen molar-refractivity contribution in [3.63, 3.8) is 0 Å². The van der Waals surface area contributed by atoms with Crippen molar-refractivity contribution in [1.82, 2.24) is 0 Å². The molecular formula is C19H15FO5. The first kappa shape index (κ1) is 16.7. The molecule has 0 aliphatic carbocycles. The number of benzene rings is 2. The molecule has 1 aliphatic rings. The van der Waals surface area contributed by atoms with E-state index in [1.54, 1.807) is 37.3 Å². The third kappa shape index (κ3) is 3.68. The van der Waals surface area contributed by atoms with E-state index in [4.69, 9.17) is 14.2 Å². The van der Waals surface area contributed by atoms with Gasteiger partial charge < -0.3 is 14.2 Å². The zero-order chi connectivity index (χ0) is 17.8. The first-order chi connectivity index (χ1) is 12.1. The molecule has 0 saturated heterocycles. The number of halogens is 1. The first-order valence-electron chi connectivity index (χ1n) is 7.69. The standard InChI is InChI=1S/C19H15FO5/c1-2-23-18(21)11-24-13-7-8-14-16(10-13)25-17(19(14)22)9-12-5-3-4-6-15(12)20/h3-10H,2,11H2,1H3. The van der Waals surface area contributed by atoms with E-state index < -0.39 is 11.8 Å². The summed E-state index contributed by atoms with van der Waals surface area (Å²) in [5, 5.41) is 0. The van der Waals surface area contributed by atoms with Crippen molar-refractivity contribution in [3.05, 3.63) is 65.2 Å². The fraction of sp³-hybridized carbons (Fsp3) is 0.158. The number of carbonyl (C=O) groups excluding carboxylic acids is 2. The Morgan fingerprint density at radius 3 is 2.80 bits per heavy atom. The smallest absolute Gasteiger partial charge is 0.344 e. The van der Waals surface area contributed by atoms with Crippen LogP contribution in [0.5, 0.6) is 11.5 Å². The molecule has 0 spiro atoms. The predicted octanol–water partition coefficient (Wildman–Crippen LogP) is 3.38. The largest absolute Gasteiger partial charge is 0.482 e. The van der Waals surface area contributed by atoms with Gasteiger partial charge in [0.05, 0.1) is 12.2 Å². The number of rotatable bonds is 5. The maximum atomic E-state index is 13.7. The number of ketones is 1. The molecule has 1 aliphatic heterocycles. The molecule has 1 heterocycles.